The van der Waals surface area contributed by atoms with Crippen LogP contribution in [-0.4, -0.2) is 30.6 Å². The summed E-state index contributed by atoms with van der Waals surface area (Å²) in [5, 5.41) is 3.12. The lowest BCUT2D eigenvalue weighted by molar-refractivity contribution is -0.155. The standard InChI is InChI=1S/C23H31NO4/c1-15(28-20-6-4-3-5-7-20)22(26)27-14-21(25)24-16(2)23-11-17-8-18(12-23)10-19(9-17)13-23/h3-7,15-19H,8-14H2,1-2H3,(H,24,25)/t15-,16+,17?,18?,19?,23?/m1/s1. The molecule has 0 aromatic heterocycles. The fourth-order valence-corrected chi connectivity index (χ4v) is 6.15. The lowest BCUT2D eigenvalue weighted by atomic mass is 9.48. The number of ether oxygens (including phenoxy) is 2. The predicted molar refractivity (Wildman–Crippen MR) is 106 cm³/mol. The summed E-state index contributed by atoms with van der Waals surface area (Å²) in [4.78, 5) is 24.5. The van der Waals surface area contributed by atoms with E-state index in [1.54, 1.807) is 19.1 Å². The first-order chi connectivity index (χ1) is 13.4. The van der Waals surface area contributed by atoms with Crippen LogP contribution >= 0.6 is 0 Å². The molecule has 0 saturated heterocycles. The minimum Gasteiger partial charge on any atom is -0.479 e. The summed E-state index contributed by atoms with van der Waals surface area (Å²) < 4.78 is 10.7. The van der Waals surface area contributed by atoms with Crippen molar-refractivity contribution in [1.82, 2.24) is 5.32 Å². The van der Waals surface area contributed by atoms with E-state index >= 15 is 0 Å². The van der Waals surface area contributed by atoms with Crippen LogP contribution in [0.2, 0.25) is 0 Å². The Balaban J connectivity index is 1.25. The maximum Gasteiger partial charge on any atom is 0.347 e. The van der Waals surface area contributed by atoms with Gasteiger partial charge in [-0.3, -0.25) is 4.79 Å². The normalized spacial score (nSPS) is 32.4. The van der Waals surface area contributed by atoms with Crippen LogP contribution in [0.4, 0.5) is 0 Å². The van der Waals surface area contributed by atoms with Crippen LogP contribution in [0.25, 0.3) is 0 Å². The van der Waals surface area contributed by atoms with Crippen molar-refractivity contribution in [2.75, 3.05) is 6.61 Å². The Morgan fingerprint density at radius 3 is 2.18 bits per heavy atom. The average molecular weight is 386 g/mol. The number of esters is 1. The van der Waals surface area contributed by atoms with Gasteiger partial charge in [0.15, 0.2) is 12.7 Å². The molecule has 1 aromatic rings. The van der Waals surface area contributed by atoms with Crippen LogP contribution in [0.15, 0.2) is 30.3 Å². The van der Waals surface area contributed by atoms with Crippen molar-refractivity contribution in [2.24, 2.45) is 23.2 Å². The van der Waals surface area contributed by atoms with Crippen molar-refractivity contribution < 1.29 is 19.1 Å². The third-order valence-corrected chi connectivity index (χ3v) is 7.12. The molecule has 0 radical (unpaired) electrons. The van der Waals surface area contributed by atoms with Gasteiger partial charge in [0.2, 0.25) is 0 Å². The highest BCUT2D eigenvalue weighted by Gasteiger charge is 2.53. The van der Waals surface area contributed by atoms with Gasteiger partial charge >= 0.3 is 5.97 Å². The molecule has 4 fully saturated rings. The van der Waals surface area contributed by atoms with E-state index in [1.165, 1.54) is 38.5 Å². The molecule has 1 amide bonds. The van der Waals surface area contributed by atoms with Crippen LogP contribution in [0.1, 0.15) is 52.4 Å². The summed E-state index contributed by atoms with van der Waals surface area (Å²) in [6, 6.07) is 9.25. The second kappa shape index (κ2) is 7.76. The third-order valence-electron chi connectivity index (χ3n) is 7.12. The van der Waals surface area contributed by atoms with Gasteiger partial charge in [-0.05, 0) is 87.7 Å². The first-order valence-electron chi connectivity index (χ1n) is 10.6. The molecule has 5 heteroatoms. The van der Waals surface area contributed by atoms with E-state index < -0.39 is 12.1 Å². The summed E-state index contributed by atoms with van der Waals surface area (Å²) in [5.41, 5.74) is 0.248. The number of hydrogen-bond acceptors (Lipinski definition) is 4. The first-order valence-corrected chi connectivity index (χ1v) is 10.6. The molecule has 4 aliphatic carbocycles. The van der Waals surface area contributed by atoms with Gasteiger partial charge in [-0.1, -0.05) is 18.2 Å². The molecule has 1 aromatic carbocycles. The largest absolute Gasteiger partial charge is 0.479 e. The number of carbonyl (C=O) groups excluding carboxylic acids is 2. The van der Waals surface area contributed by atoms with Gasteiger partial charge in [0.05, 0.1) is 0 Å². The lowest BCUT2D eigenvalue weighted by Gasteiger charge is -2.59. The average Bonchev–Trinajstić information content (AvgIpc) is 2.65. The van der Waals surface area contributed by atoms with E-state index in [-0.39, 0.29) is 24.0 Å². The second-order valence-electron chi connectivity index (χ2n) is 9.25. The Bertz CT molecular complexity index is 681. The summed E-state index contributed by atoms with van der Waals surface area (Å²) in [6.45, 7) is 3.51. The number of para-hydroxylation sites is 1. The van der Waals surface area contributed by atoms with Crippen molar-refractivity contribution >= 4 is 11.9 Å². The first kappa shape index (κ1) is 19.3. The molecule has 5 rings (SSSR count). The minimum absolute atomic E-state index is 0.130. The highest BCUT2D eigenvalue weighted by molar-refractivity contribution is 5.82. The molecular formula is C23H31NO4. The van der Waals surface area contributed by atoms with Gasteiger partial charge in [-0.2, -0.15) is 0 Å². The molecule has 4 saturated carbocycles. The second-order valence-corrected chi connectivity index (χ2v) is 9.25. The number of benzene rings is 1. The third kappa shape index (κ3) is 4.03. The van der Waals surface area contributed by atoms with E-state index in [4.69, 9.17) is 9.47 Å². The smallest absolute Gasteiger partial charge is 0.347 e. The summed E-state index contributed by atoms with van der Waals surface area (Å²) in [7, 11) is 0. The fraction of sp³-hybridized carbons (Fsp3) is 0.652. The van der Waals surface area contributed by atoms with Gasteiger partial charge in [0, 0.05) is 6.04 Å². The van der Waals surface area contributed by atoms with Crippen molar-refractivity contribution in [3.8, 4) is 5.75 Å². The highest BCUT2D eigenvalue weighted by atomic mass is 16.6. The van der Waals surface area contributed by atoms with Crippen molar-refractivity contribution in [3.63, 3.8) is 0 Å². The maximum absolute atomic E-state index is 12.4. The topological polar surface area (TPSA) is 64.6 Å². The molecule has 0 heterocycles. The van der Waals surface area contributed by atoms with Crippen LogP contribution in [-0.2, 0) is 14.3 Å². The summed E-state index contributed by atoms with van der Waals surface area (Å²) in [6.07, 6.45) is 7.12. The maximum atomic E-state index is 12.4. The van der Waals surface area contributed by atoms with Gasteiger partial charge in [0.25, 0.3) is 5.91 Å². The molecule has 28 heavy (non-hydrogen) atoms. The quantitative estimate of drug-likeness (QED) is 0.727. The molecule has 4 aliphatic rings. The van der Waals surface area contributed by atoms with E-state index in [1.807, 2.05) is 18.2 Å². The van der Waals surface area contributed by atoms with Crippen LogP contribution in [0, 0.1) is 23.2 Å². The molecule has 1 N–H and O–H groups in total. The van der Waals surface area contributed by atoms with Gasteiger partial charge in [0.1, 0.15) is 5.75 Å². The molecule has 0 aliphatic heterocycles. The number of hydrogen-bond donors (Lipinski definition) is 1. The monoisotopic (exact) mass is 385 g/mol. The molecule has 4 bridgehead atoms. The fourth-order valence-electron chi connectivity index (χ4n) is 6.15. The Morgan fingerprint density at radius 2 is 1.61 bits per heavy atom. The Hall–Kier alpha value is -2.04. The zero-order valence-electron chi connectivity index (χ0n) is 16.9. The molecule has 0 unspecified atom stereocenters. The zero-order chi connectivity index (χ0) is 19.7. The van der Waals surface area contributed by atoms with E-state index in [0.29, 0.717) is 5.75 Å². The highest BCUT2D eigenvalue weighted by Crippen LogP contribution is 2.61. The molecule has 5 nitrogen and oxygen atoms in total. The number of amides is 1. The van der Waals surface area contributed by atoms with E-state index in [9.17, 15) is 9.59 Å². The van der Waals surface area contributed by atoms with Crippen molar-refractivity contribution in [3.05, 3.63) is 30.3 Å². The Labute approximate surface area is 167 Å². The molecule has 2 atom stereocenters. The van der Waals surface area contributed by atoms with Gasteiger partial charge < -0.3 is 14.8 Å². The molecular weight excluding hydrogens is 354 g/mol. The van der Waals surface area contributed by atoms with Crippen LogP contribution in [0.5, 0.6) is 5.75 Å². The predicted octanol–water partition coefficient (Wildman–Crippen LogP) is 3.72. The van der Waals surface area contributed by atoms with Crippen molar-refractivity contribution in [2.45, 2.75) is 64.5 Å². The van der Waals surface area contributed by atoms with E-state index in [2.05, 4.69) is 12.2 Å². The Morgan fingerprint density at radius 1 is 1.04 bits per heavy atom. The summed E-state index contributed by atoms with van der Waals surface area (Å²) in [5.74, 6) is 2.40. The number of nitrogens with one attached hydrogen (secondary N) is 1. The number of rotatable bonds is 7. The van der Waals surface area contributed by atoms with Gasteiger partial charge in [-0.15, -0.1) is 0 Å². The lowest BCUT2D eigenvalue weighted by Crippen LogP contribution is -2.56. The zero-order valence-corrected chi connectivity index (χ0v) is 16.9. The SMILES string of the molecule is C[C@H](NC(=O)COC(=O)[C@@H](C)Oc1ccccc1)C12CC3CC(CC(C3)C1)C2. The molecule has 0 spiro atoms. The molecule has 152 valence electrons. The van der Waals surface area contributed by atoms with E-state index in [0.717, 1.165) is 17.8 Å². The minimum atomic E-state index is -0.754. The van der Waals surface area contributed by atoms with Crippen LogP contribution < -0.4 is 10.1 Å². The van der Waals surface area contributed by atoms with Gasteiger partial charge in [-0.25, -0.2) is 4.79 Å². The number of carbonyl (C=O) groups is 2. The summed E-state index contributed by atoms with van der Waals surface area (Å²) >= 11 is 0. The van der Waals surface area contributed by atoms with Crippen LogP contribution in [0.3, 0.4) is 0 Å². The Kier molecular flexibility index (Phi) is 5.35. The van der Waals surface area contributed by atoms with Crippen molar-refractivity contribution in [1.29, 1.82) is 0 Å².